The van der Waals surface area contributed by atoms with Gasteiger partial charge >= 0.3 is 0 Å². The zero-order chi connectivity index (χ0) is 16.8. The lowest BCUT2D eigenvalue weighted by Crippen LogP contribution is -2.28. The number of benzene rings is 1. The Labute approximate surface area is 142 Å². The van der Waals surface area contributed by atoms with E-state index < -0.39 is 0 Å². The SMILES string of the molecule is CC(C)Oc1nnc(SCC(=O)NC(C)c2ccc(F)cc2)s1. The van der Waals surface area contributed by atoms with Crippen LogP contribution in [-0.4, -0.2) is 28.0 Å². The zero-order valence-electron chi connectivity index (χ0n) is 13.1. The molecule has 0 aliphatic carbocycles. The fourth-order valence-corrected chi connectivity index (χ4v) is 3.37. The normalized spacial score (nSPS) is 12.2. The molecule has 0 bridgehead atoms. The van der Waals surface area contributed by atoms with Crippen molar-refractivity contribution in [3.8, 4) is 5.19 Å². The Hall–Kier alpha value is -1.67. The van der Waals surface area contributed by atoms with Gasteiger partial charge in [0.05, 0.1) is 17.9 Å². The van der Waals surface area contributed by atoms with Crippen molar-refractivity contribution < 1.29 is 13.9 Å². The second-order valence-electron chi connectivity index (χ2n) is 5.13. The molecule has 5 nitrogen and oxygen atoms in total. The van der Waals surface area contributed by atoms with E-state index in [0.717, 1.165) is 5.56 Å². The van der Waals surface area contributed by atoms with Crippen molar-refractivity contribution in [2.24, 2.45) is 0 Å². The molecule has 0 saturated heterocycles. The number of carbonyl (C=O) groups excluding carboxylic acids is 1. The Morgan fingerprint density at radius 3 is 2.65 bits per heavy atom. The first-order chi connectivity index (χ1) is 10.9. The van der Waals surface area contributed by atoms with Crippen LogP contribution in [0.25, 0.3) is 0 Å². The van der Waals surface area contributed by atoms with Crippen molar-refractivity contribution in [1.82, 2.24) is 15.5 Å². The Kier molecular flexibility index (Phi) is 6.35. The number of nitrogens with one attached hydrogen (secondary N) is 1. The largest absolute Gasteiger partial charge is 0.466 e. The van der Waals surface area contributed by atoms with Gasteiger partial charge in [-0.2, -0.15) is 0 Å². The molecule has 2 rings (SSSR count). The van der Waals surface area contributed by atoms with Gasteiger partial charge in [-0.05, 0) is 49.8 Å². The van der Waals surface area contributed by atoms with E-state index in [9.17, 15) is 9.18 Å². The average molecular weight is 355 g/mol. The number of hydrogen-bond donors (Lipinski definition) is 1. The van der Waals surface area contributed by atoms with E-state index >= 15 is 0 Å². The summed E-state index contributed by atoms with van der Waals surface area (Å²) in [6.45, 7) is 5.69. The van der Waals surface area contributed by atoms with Crippen molar-refractivity contribution in [1.29, 1.82) is 0 Å². The summed E-state index contributed by atoms with van der Waals surface area (Å²) in [4.78, 5) is 12.0. The number of rotatable bonds is 7. The Morgan fingerprint density at radius 1 is 1.30 bits per heavy atom. The van der Waals surface area contributed by atoms with Crippen LogP contribution in [0, 0.1) is 5.82 Å². The molecule has 1 atom stereocenters. The highest BCUT2D eigenvalue weighted by molar-refractivity contribution is 8.01. The molecule has 23 heavy (non-hydrogen) atoms. The third-order valence-electron chi connectivity index (χ3n) is 2.80. The minimum absolute atomic E-state index is 0.0423. The van der Waals surface area contributed by atoms with E-state index in [1.807, 2.05) is 20.8 Å². The highest BCUT2D eigenvalue weighted by Gasteiger charge is 2.12. The van der Waals surface area contributed by atoms with E-state index in [-0.39, 0.29) is 29.6 Å². The van der Waals surface area contributed by atoms with Crippen molar-refractivity contribution in [2.45, 2.75) is 37.3 Å². The van der Waals surface area contributed by atoms with Crippen molar-refractivity contribution in [3.63, 3.8) is 0 Å². The molecule has 1 amide bonds. The lowest BCUT2D eigenvalue weighted by atomic mass is 10.1. The molecule has 0 aliphatic rings. The van der Waals surface area contributed by atoms with Crippen LogP contribution >= 0.6 is 23.1 Å². The summed E-state index contributed by atoms with van der Waals surface area (Å²) >= 11 is 2.63. The summed E-state index contributed by atoms with van der Waals surface area (Å²) in [6.07, 6.45) is 0.0423. The van der Waals surface area contributed by atoms with Crippen molar-refractivity contribution in [3.05, 3.63) is 35.6 Å². The summed E-state index contributed by atoms with van der Waals surface area (Å²) in [5, 5.41) is 11.3. The lowest BCUT2D eigenvalue weighted by molar-refractivity contribution is -0.119. The first kappa shape index (κ1) is 17.7. The maximum Gasteiger partial charge on any atom is 0.295 e. The number of carbonyl (C=O) groups is 1. The van der Waals surface area contributed by atoms with Crippen LogP contribution in [0.2, 0.25) is 0 Å². The Morgan fingerprint density at radius 2 is 2.00 bits per heavy atom. The molecule has 1 aromatic carbocycles. The molecule has 1 unspecified atom stereocenters. The number of hydrogen-bond acceptors (Lipinski definition) is 6. The van der Waals surface area contributed by atoms with Crippen LogP contribution in [0.3, 0.4) is 0 Å². The molecule has 0 radical (unpaired) electrons. The van der Waals surface area contributed by atoms with Gasteiger partial charge in [-0.25, -0.2) is 4.39 Å². The lowest BCUT2D eigenvalue weighted by Gasteiger charge is -2.13. The third kappa shape index (κ3) is 5.80. The zero-order valence-corrected chi connectivity index (χ0v) is 14.7. The summed E-state index contributed by atoms with van der Waals surface area (Å²) < 4.78 is 19.0. The smallest absolute Gasteiger partial charge is 0.295 e. The number of halogens is 1. The number of ether oxygens (including phenoxy) is 1. The van der Waals surface area contributed by atoms with Crippen molar-refractivity contribution in [2.75, 3.05) is 5.75 Å². The van der Waals surface area contributed by atoms with Gasteiger partial charge in [0.15, 0.2) is 4.34 Å². The summed E-state index contributed by atoms with van der Waals surface area (Å²) in [7, 11) is 0. The van der Waals surface area contributed by atoms with Crippen LogP contribution in [0.15, 0.2) is 28.6 Å². The van der Waals surface area contributed by atoms with E-state index in [1.54, 1.807) is 12.1 Å². The second-order valence-corrected chi connectivity index (χ2v) is 7.29. The fraction of sp³-hybridized carbons (Fsp3) is 0.400. The van der Waals surface area contributed by atoms with E-state index in [1.165, 1.54) is 35.2 Å². The molecule has 124 valence electrons. The molecule has 0 spiro atoms. The molecule has 0 saturated carbocycles. The minimum Gasteiger partial charge on any atom is -0.466 e. The standard InChI is InChI=1S/C15H18FN3O2S2/c1-9(2)21-14-18-19-15(23-14)22-8-13(20)17-10(3)11-4-6-12(16)7-5-11/h4-7,9-10H,8H2,1-3H3,(H,17,20). The number of nitrogens with zero attached hydrogens (tertiary/aromatic N) is 2. The first-order valence-corrected chi connectivity index (χ1v) is 8.92. The quantitative estimate of drug-likeness (QED) is 0.771. The van der Waals surface area contributed by atoms with Crippen LogP contribution in [0.1, 0.15) is 32.4 Å². The first-order valence-electron chi connectivity index (χ1n) is 7.12. The molecule has 0 fully saturated rings. The van der Waals surface area contributed by atoms with Gasteiger partial charge in [0, 0.05) is 0 Å². The molecule has 8 heteroatoms. The maximum atomic E-state index is 12.9. The topological polar surface area (TPSA) is 64.1 Å². The number of thioether (sulfide) groups is 1. The number of amides is 1. The predicted molar refractivity (Wildman–Crippen MR) is 89.4 cm³/mol. The van der Waals surface area contributed by atoms with Crippen molar-refractivity contribution >= 4 is 29.0 Å². The molecule has 2 aromatic rings. The maximum absolute atomic E-state index is 12.9. The van der Waals surface area contributed by atoms with E-state index in [4.69, 9.17) is 4.74 Å². The van der Waals surface area contributed by atoms with Crippen LogP contribution < -0.4 is 10.1 Å². The summed E-state index contributed by atoms with van der Waals surface area (Å²) in [5.41, 5.74) is 0.855. The predicted octanol–water partition coefficient (Wildman–Crippen LogP) is 3.43. The van der Waals surface area contributed by atoms with Gasteiger partial charge in [-0.3, -0.25) is 4.79 Å². The minimum atomic E-state index is -0.293. The summed E-state index contributed by atoms with van der Waals surface area (Å²) in [5.74, 6) is -0.172. The number of aromatic nitrogens is 2. The molecule has 0 aliphatic heterocycles. The van der Waals surface area contributed by atoms with Gasteiger partial charge in [-0.1, -0.05) is 29.0 Å². The van der Waals surface area contributed by atoms with Crippen LogP contribution in [0.4, 0.5) is 4.39 Å². The van der Waals surface area contributed by atoms with Gasteiger partial charge < -0.3 is 10.1 Å². The third-order valence-corrected chi connectivity index (χ3v) is 4.75. The summed E-state index contributed by atoms with van der Waals surface area (Å²) in [6, 6.07) is 5.90. The molecule has 1 heterocycles. The van der Waals surface area contributed by atoms with E-state index in [0.29, 0.717) is 9.53 Å². The second kappa shape index (κ2) is 8.26. The van der Waals surface area contributed by atoms with Gasteiger partial charge in [-0.15, -0.1) is 5.10 Å². The molecule has 1 N–H and O–H groups in total. The van der Waals surface area contributed by atoms with E-state index in [2.05, 4.69) is 15.5 Å². The molecular formula is C15H18FN3O2S2. The van der Waals surface area contributed by atoms with Gasteiger partial charge in [0.25, 0.3) is 5.19 Å². The fourth-order valence-electron chi connectivity index (χ4n) is 1.75. The highest BCUT2D eigenvalue weighted by Crippen LogP contribution is 2.27. The van der Waals surface area contributed by atoms with Crippen LogP contribution in [0.5, 0.6) is 5.19 Å². The Balaban J connectivity index is 1.80. The molecule has 1 aromatic heterocycles. The van der Waals surface area contributed by atoms with Gasteiger partial charge in [0.2, 0.25) is 5.91 Å². The average Bonchev–Trinajstić information content (AvgIpc) is 2.92. The van der Waals surface area contributed by atoms with Crippen LogP contribution in [-0.2, 0) is 4.79 Å². The highest BCUT2D eigenvalue weighted by atomic mass is 32.2. The molecular weight excluding hydrogens is 337 g/mol. The monoisotopic (exact) mass is 355 g/mol. The Bertz CT molecular complexity index is 646. The van der Waals surface area contributed by atoms with Gasteiger partial charge in [0.1, 0.15) is 5.82 Å².